The van der Waals surface area contributed by atoms with Crippen LogP contribution in [0.3, 0.4) is 0 Å². The molecule has 0 aliphatic rings. The summed E-state index contributed by atoms with van der Waals surface area (Å²) >= 11 is 0. The van der Waals surface area contributed by atoms with E-state index in [1.807, 2.05) is 19.9 Å². The molecule has 0 saturated carbocycles. The van der Waals surface area contributed by atoms with Crippen LogP contribution in [-0.4, -0.2) is 27.3 Å². The van der Waals surface area contributed by atoms with E-state index in [4.69, 9.17) is 15.2 Å². The van der Waals surface area contributed by atoms with E-state index in [0.717, 1.165) is 28.3 Å². The van der Waals surface area contributed by atoms with Crippen molar-refractivity contribution >= 4 is 5.69 Å². The van der Waals surface area contributed by atoms with Gasteiger partial charge in [-0.1, -0.05) is 0 Å². The standard InChI is InChI=1S/C12H20N2O2/c1-8-9(2)12(16-4)10(14-6-5-13)7-11(8)15-3/h7,14H,5-6,13H2,1-4H3. The molecule has 90 valence electrons. The fraction of sp³-hybridized carbons (Fsp3) is 0.500. The second kappa shape index (κ2) is 5.61. The summed E-state index contributed by atoms with van der Waals surface area (Å²) in [4.78, 5) is 0. The number of hydrogen-bond donors (Lipinski definition) is 2. The van der Waals surface area contributed by atoms with Gasteiger partial charge < -0.3 is 20.5 Å². The van der Waals surface area contributed by atoms with Gasteiger partial charge >= 0.3 is 0 Å². The van der Waals surface area contributed by atoms with Gasteiger partial charge in [-0.2, -0.15) is 0 Å². The highest BCUT2D eigenvalue weighted by Crippen LogP contribution is 2.36. The second-order valence-corrected chi connectivity index (χ2v) is 3.63. The molecule has 0 heterocycles. The SMILES string of the molecule is COc1cc(NCCN)c(OC)c(C)c1C. The first-order valence-corrected chi connectivity index (χ1v) is 5.31. The number of nitrogens with one attached hydrogen (secondary N) is 1. The van der Waals surface area contributed by atoms with Crippen molar-refractivity contribution in [3.8, 4) is 11.5 Å². The Balaban J connectivity index is 3.18. The lowest BCUT2D eigenvalue weighted by atomic mass is 10.1. The van der Waals surface area contributed by atoms with Crippen molar-refractivity contribution in [2.24, 2.45) is 5.73 Å². The Morgan fingerprint density at radius 1 is 1.19 bits per heavy atom. The van der Waals surface area contributed by atoms with Crippen LogP contribution in [0.2, 0.25) is 0 Å². The van der Waals surface area contributed by atoms with E-state index in [1.54, 1.807) is 14.2 Å². The predicted molar refractivity (Wildman–Crippen MR) is 66.6 cm³/mol. The quantitative estimate of drug-likeness (QED) is 0.799. The van der Waals surface area contributed by atoms with Crippen LogP contribution in [-0.2, 0) is 0 Å². The molecule has 0 fully saturated rings. The molecule has 0 spiro atoms. The van der Waals surface area contributed by atoms with Crippen LogP contribution in [0.1, 0.15) is 11.1 Å². The highest BCUT2D eigenvalue weighted by atomic mass is 16.5. The van der Waals surface area contributed by atoms with Gasteiger partial charge in [0.25, 0.3) is 0 Å². The first kappa shape index (κ1) is 12.6. The van der Waals surface area contributed by atoms with Gasteiger partial charge in [0.15, 0.2) is 0 Å². The highest BCUT2D eigenvalue weighted by molar-refractivity contribution is 5.66. The van der Waals surface area contributed by atoms with Gasteiger partial charge in [0.05, 0.1) is 19.9 Å². The largest absolute Gasteiger partial charge is 0.496 e. The third-order valence-corrected chi connectivity index (χ3v) is 2.68. The minimum absolute atomic E-state index is 0.582. The second-order valence-electron chi connectivity index (χ2n) is 3.63. The fourth-order valence-electron chi connectivity index (χ4n) is 1.68. The van der Waals surface area contributed by atoms with E-state index in [2.05, 4.69) is 5.32 Å². The topological polar surface area (TPSA) is 56.5 Å². The maximum absolute atomic E-state index is 5.47. The van der Waals surface area contributed by atoms with E-state index < -0.39 is 0 Å². The van der Waals surface area contributed by atoms with Crippen LogP contribution in [0, 0.1) is 13.8 Å². The van der Waals surface area contributed by atoms with Crippen molar-refractivity contribution in [1.82, 2.24) is 0 Å². The Labute approximate surface area is 96.7 Å². The molecule has 1 aromatic rings. The van der Waals surface area contributed by atoms with Crippen LogP contribution in [0.4, 0.5) is 5.69 Å². The molecule has 1 aromatic carbocycles. The third-order valence-electron chi connectivity index (χ3n) is 2.68. The predicted octanol–water partition coefficient (Wildman–Crippen LogP) is 1.69. The zero-order valence-electron chi connectivity index (χ0n) is 10.4. The van der Waals surface area contributed by atoms with Crippen molar-refractivity contribution in [1.29, 1.82) is 0 Å². The Morgan fingerprint density at radius 3 is 2.38 bits per heavy atom. The van der Waals surface area contributed by atoms with Gasteiger partial charge in [0, 0.05) is 19.2 Å². The molecular weight excluding hydrogens is 204 g/mol. The summed E-state index contributed by atoms with van der Waals surface area (Å²) in [6.07, 6.45) is 0. The number of nitrogens with two attached hydrogens (primary N) is 1. The van der Waals surface area contributed by atoms with Crippen LogP contribution in [0.25, 0.3) is 0 Å². The van der Waals surface area contributed by atoms with E-state index in [1.165, 1.54) is 0 Å². The average molecular weight is 224 g/mol. The molecule has 0 atom stereocenters. The van der Waals surface area contributed by atoms with Crippen molar-refractivity contribution in [3.05, 3.63) is 17.2 Å². The lowest BCUT2D eigenvalue weighted by Gasteiger charge is -2.17. The van der Waals surface area contributed by atoms with Gasteiger partial charge in [0.2, 0.25) is 0 Å². The molecule has 3 N–H and O–H groups in total. The number of ether oxygens (including phenoxy) is 2. The van der Waals surface area contributed by atoms with E-state index >= 15 is 0 Å². The van der Waals surface area contributed by atoms with Crippen molar-refractivity contribution in [3.63, 3.8) is 0 Å². The summed E-state index contributed by atoms with van der Waals surface area (Å²) < 4.78 is 10.7. The maximum atomic E-state index is 5.47. The van der Waals surface area contributed by atoms with Crippen molar-refractivity contribution in [2.75, 3.05) is 32.6 Å². The summed E-state index contributed by atoms with van der Waals surface area (Å²) in [5, 5.41) is 3.23. The molecule has 0 bridgehead atoms. The maximum Gasteiger partial charge on any atom is 0.145 e. The van der Waals surface area contributed by atoms with Crippen LogP contribution in [0.5, 0.6) is 11.5 Å². The minimum Gasteiger partial charge on any atom is -0.496 e. The molecule has 0 amide bonds. The van der Waals surface area contributed by atoms with Crippen LogP contribution in [0.15, 0.2) is 6.07 Å². The van der Waals surface area contributed by atoms with Crippen molar-refractivity contribution < 1.29 is 9.47 Å². The Bertz CT molecular complexity index is 365. The molecular formula is C12H20N2O2. The molecule has 0 aliphatic carbocycles. The molecule has 1 rings (SSSR count). The lowest BCUT2D eigenvalue weighted by molar-refractivity contribution is 0.399. The molecule has 0 radical (unpaired) electrons. The van der Waals surface area contributed by atoms with Gasteiger partial charge in [-0.25, -0.2) is 0 Å². The molecule has 0 saturated heterocycles. The normalized spacial score (nSPS) is 10.1. The Kier molecular flexibility index (Phi) is 4.43. The van der Waals surface area contributed by atoms with Crippen molar-refractivity contribution in [2.45, 2.75) is 13.8 Å². The van der Waals surface area contributed by atoms with E-state index in [0.29, 0.717) is 13.1 Å². The number of benzene rings is 1. The zero-order chi connectivity index (χ0) is 12.1. The molecule has 0 unspecified atom stereocenters. The van der Waals surface area contributed by atoms with E-state index in [-0.39, 0.29) is 0 Å². The molecule has 4 nitrogen and oxygen atoms in total. The lowest BCUT2D eigenvalue weighted by Crippen LogP contribution is -2.14. The van der Waals surface area contributed by atoms with Crippen LogP contribution >= 0.6 is 0 Å². The number of rotatable bonds is 5. The molecule has 16 heavy (non-hydrogen) atoms. The third kappa shape index (κ3) is 2.39. The number of anilines is 1. The summed E-state index contributed by atoms with van der Waals surface area (Å²) in [6.45, 7) is 5.33. The van der Waals surface area contributed by atoms with Gasteiger partial charge in [-0.15, -0.1) is 0 Å². The molecule has 0 aliphatic heterocycles. The Morgan fingerprint density at radius 2 is 1.88 bits per heavy atom. The average Bonchev–Trinajstić information content (AvgIpc) is 2.30. The van der Waals surface area contributed by atoms with Gasteiger partial charge in [0.1, 0.15) is 11.5 Å². The fourth-order valence-corrected chi connectivity index (χ4v) is 1.68. The summed E-state index contributed by atoms with van der Waals surface area (Å²) in [5.41, 5.74) is 8.58. The molecule has 4 heteroatoms. The zero-order valence-corrected chi connectivity index (χ0v) is 10.4. The summed E-state index contributed by atoms with van der Waals surface area (Å²) in [6, 6.07) is 1.94. The first-order chi connectivity index (χ1) is 7.65. The Hall–Kier alpha value is -1.42. The highest BCUT2D eigenvalue weighted by Gasteiger charge is 2.13. The monoisotopic (exact) mass is 224 g/mol. The van der Waals surface area contributed by atoms with Gasteiger partial charge in [-0.3, -0.25) is 0 Å². The smallest absolute Gasteiger partial charge is 0.145 e. The van der Waals surface area contributed by atoms with E-state index in [9.17, 15) is 0 Å². The first-order valence-electron chi connectivity index (χ1n) is 5.31. The number of methoxy groups -OCH3 is 2. The summed E-state index contributed by atoms with van der Waals surface area (Å²) in [5.74, 6) is 1.71. The minimum atomic E-state index is 0.582. The number of hydrogen-bond acceptors (Lipinski definition) is 4. The van der Waals surface area contributed by atoms with Gasteiger partial charge in [-0.05, 0) is 25.0 Å². The summed E-state index contributed by atoms with van der Waals surface area (Å²) in [7, 11) is 3.34. The molecule has 0 aromatic heterocycles. The van der Waals surface area contributed by atoms with Crippen LogP contribution < -0.4 is 20.5 Å².